The van der Waals surface area contributed by atoms with Crippen molar-refractivity contribution in [2.24, 2.45) is 0 Å². The molecule has 3 aromatic heterocycles. The van der Waals surface area contributed by atoms with Crippen LogP contribution in [0.3, 0.4) is 0 Å². The Morgan fingerprint density at radius 2 is 2.14 bits per heavy atom. The molecule has 0 atom stereocenters. The molecule has 0 spiro atoms. The number of morpholine rings is 1. The van der Waals surface area contributed by atoms with E-state index in [-0.39, 0.29) is 5.91 Å². The number of amides is 1. The number of nitrogens with one attached hydrogen (secondary N) is 1. The normalized spacial score (nSPS) is 14.2. The third-order valence-corrected chi connectivity index (χ3v) is 5.37. The highest BCUT2D eigenvalue weighted by molar-refractivity contribution is 7.08. The molecule has 1 amide bonds. The fourth-order valence-corrected chi connectivity index (χ4v) is 3.84. The number of ether oxygens (including phenoxy) is 1. The average molecular weight is 398 g/mol. The number of imidazole rings is 1. The number of aromatic nitrogens is 3. The largest absolute Gasteiger partial charge is 0.378 e. The van der Waals surface area contributed by atoms with Crippen LogP contribution in [0, 0.1) is 0 Å². The molecule has 1 saturated heterocycles. The Morgan fingerprint density at radius 3 is 2.89 bits per heavy atom. The van der Waals surface area contributed by atoms with E-state index in [4.69, 9.17) is 9.72 Å². The van der Waals surface area contributed by atoms with E-state index < -0.39 is 0 Å². The van der Waals surface area contributed by atoms with Crippen molar-refractivity contribution in [1.29, 1.82) is 0 Å². The molecule has 0 radical (unpaired) electrons. The monoisotopic (exact) mass is 397 g/mol. The SMILES string of the molecule is O=C(NCCCn1ccnc1)c1ccc(-c2ccsc2)nc1N1CCOCC1. The van der Waals surface area contributed by atoms with Crippen LogP contribution in [-0.2, 0) is 11.3 Å². The number of anilines is 1. The highest BCUT2D eigenvalue weighted by Crippen LogP contribution is 2.26. The van der Waals surface area contributed by atoms with Crippen molar-refractivity contribution >= 4 is 23.1 Å². The van der Waals surface area contributed by atoms with E-state index in [0.29, 0.717) is 25.3 Å². The fourth-order valence-electron chi connectivity index (χ4n) is 3.19. The average Bonchev–Trinajstić information content (AvgIpc) is 3.45. The number of carbonyl (C=O) groups excluding carboxylic acids is 1. The molecule has 0 aromatic carbocycles. The number of pyridine rings is 1. The van der Waals surface area contributed by atoms with Gasteiger partial charge in [0.1, 0.15) is 5.82 Å². The Balaban J connectivity index is 1.48. The number of thiophene rings is 1. The van der Waals surface area contributed by atoms with Gasteiger partial charge in [-0.05, 0) is 30.0 Å². The second-order valence-corrected chi connectivity index (χ2v) is 7.37. The standard InChI is InChI=1S/C20H23N5O2S/c26-20(22-5-1-7-24-8-6-21-15-24)17-2-3-18(16-4-13-28-14-16)23-19(17)25-9-11-27-12-10-25/h2-4,6,8,13-15H,1,5,7,9-12H2,(H,22,26). The molecule has 1 aliphatic rings. The lowest BCUT2D eigenvalue weighted by Gasteiger charge is -2.29. The summed E-state index contributed by atoms with van der Waals surface area (Å²) >= 11 is 1.64. The smallest absolute Gasteiger partial charge is 0.255 e. The van der Waals surface area contributed by atoms with Crippen LogP contribution in [0.4, 0.5) is 5.82 Å². The highest BCUT2D eigenvalue weighted by atomic mass is 32.1. The molecule has 1 fully saturated rings. The first-order valence-corrected chi connectivity index (χ1v) is 10.4. The Morgan fingerprint density at radius 1 is 1.25 bits per heavy atom. The molecule has 0 bridgehead atoms. The van der Waals surface area contributed by atoms with Gasteiger partial charge in [-0.25, -0.2) is 9.97 Å². The second-order valence-electron chi connectivity index (χ2n) is 6.59. The Bertz CT molecular complexity index is 889. The van der Waals surface area contributed by atoms with Gasteiger partial charge in [-0.3, -0.25) is 4.79 Å². The summed E-state index contributed by atoms with van der Waals surface area (Å²) in [7, 11) is 0. The maximum absolute atomic E-state index is 12.8. The van der Waals surface area contributed by atoms with Crippen LogP contribution >= 0.6 is 11.3 Å². The molecule has 1 N–H and O–H groups in total. The van der Waals surface area contributed by atoms with Crippen LogP contribution in [-0.4, -0.2) is 53.3 Å². The second kappa shape index (κ2) is 8.99. The molecule has 1 aliphatic heterocycles. The molecule has 0 unspecified atom stereocenters. The summed E-state index contributed by atoms with van der Waals surface area (Å²) in [5.41, 5.74) is 2.58. The van der Waals surface area contributed by atoms with Crippen LogP contribution in [0.5, 0.6) is 0 Å². The van der Waals surface area contributed by atoms with E-state index in [9.17, 15) is 4.79 Å². The highest BCUT2D eigenvalue weighted by Gasteiger charge is 2.21. The molecule has 8 heteroatoms. The molecule has 0 aliphatic carbocycles. The summed E-state index contributed by atoms with van der Waals surface area (Å²) in [4.78, 5) is 23.8. The van der Waals surface area contributed by atoms with Crippen LogP contribution in [0.1, 0.15) is 16.8 Å². The topological polar surface area (TPSA) is 72.3 Å². The zero-order valence-corrected chi connectivity index (χ0v) is 16.4. The minimum Gasteiger partial charge on any atom is -0.378 e. The van der Waals surface area contributed by atoms with Crippen LogP contribution in [0.25, 0.3) is 11.3 Å². The minimum atomic E-state index is -0.0866. The summed E-state index contributed by atoms with van der Waals surface area (Å²) in [6, 6.07) is 5.86. The lowest BCUT2D eigenvalue weighted by atomic mass is 10.1. The molecule has 7 nitrogen and oxygen atoms in total. The van der Waals surface area contributed by atoms with Gasteiger partial charge in [0.05, 0.1) is 30.8 Å². The molecule has 0 saturated carbocycles. The molecule has 146 valence electrons. The third-order valence-electron chi connectivity index (χ3n) is 4.69. The molecular weight excluding hydrogens is 374 g/mol. The van der Waals surface area contributed by atoms with E-state index in [2.05, 4.69) is 20.6 Å². The summed E-state index contributed by atoms with van der Waals surface area (Å²) in [6.45, 7) is 4.20. The van der Waals surface area contributed by atoms with Crippen molar-refractivity contribution in [3.8, 4) is 11.3 Å². The summed E-state index contributed by atoms with van der Waals surface area (Å²) < 4.78 is 7.47. The number of rotatable bonds is 7. The van der Waals surface area contributed by atoms with Crippen LogP contribution in [0.15, 0.2) is 47.7 Å². The van der Waals surface area contributed by atoms with Crippen molar-refractivity contribution < 1.29 is 9.53 Å². The summed E-state index contributed by atoms with van der Waals surface area (Å²) in [5.74, 6) is 0.649. The van der Waals surface area contributed by atoms with Crippen LogP contribution < -0.4 is 10.2 Å². The Labute approximate surface area is 168 Å². The summed E-state index contributed by atoms with van der Waals surface area (Å²) in [5, 5.41) is 7.13. The zero-order valence-electron chi connectivity index (χ0n) is 15.6. The van der Waals surface area contributed by atoms with Crippen LogP contribution in [0.2, 0.25) is 0 Å². The first kappa shape index (κ1) is 18.6. The third kappa shape index (κ3) is 4.40. The lowest BCUT2D eigenvalue weighted by molar-refractivity contribution is 0.0950. The maximum atomic E-state index is 12.8. The predicted octanol–water partition coefficient (Wildman–Crippen LogP) is 2.66. The van der Waals surface area contributed by atoms with Crippen molar-refractivity contribution in [3.63, 3.8) is 0 Å². The molecule has 4 rings (SSSR count). The van der Waals surface area contributed by atoms with Crippen molar-refractivity contribution in [3.05, 3.63) is 53.2 Å². The first-order chi connectivity index (χ1) is 13.8. The van der Waals surface area contributed by atoms with Gasteiger partial charge in [0.15, 0.2) is 0 Å². The van der Waals surface area contributed by atoms with Gasteiger partial charge in [0.2, 0.25) is 0 Å². The maximum Gasteiger partial charge on any atom is 0.255 e. The zero-order chi connectivity index (χ0) is 19.2. The first-order valence-electron chi connectivity index (χ1n) is 9.41. The number of nitrogens with zero attached hydrogens (tertiary/aromatic N) is 4. The van der Waals surface area contributed by atoms with E-state index in [1.807, 2.05) is 34.3 Å². The minimum absolute atomic E-state index is 0.0866. The van der Waals surface area contributed by atoms with Gasteiger partial charge < -0.3 is 19.5 Å². The molecular formula is C20H23N5O2S. The van der Waals surface area contributed by atoms with Gasteiger partial charge in [-0.2, -0.15) is 11.3 Å². The van der Waals surface area contributed by atoms with Gasteiger partial charge in [0.25, 0.3) is 5.91 Å². The van der Waals surface area contributed by atoms with E-state index in [1.165, 1.54) is 0 Å². The molecule has 4 heterocycles. The Hall–Kier alpha value is -2.71. The van der Waals surface area contributed by atoms with E-state index in [0.717, 1.165) is 43.1 Å². The predicted molar refractivity (Wildman–Crippen MR) is 110 cm³/mol. The van der Waals surface area contributed by atoms with E-state index in [1.54, 1.807) is 23.9 Å². The number of aryl methyl sites for hydroxylation is 1. The molecule has 3 aromatic rings. The van der Waals surface area contributed by atoms with Gasteiger partial charge in [0, 0.05) is 49.5 Å². The van der Waals surface area contributed by atoms with Gasteiger partial charge in [-0.15, -0.1) is 0 Å². The fraction of sp³-hybridized carbons (Fsp3) is 0.350. The van der Waals surface area contributed by atoms with Crippen molar-refractivity contribution in [1.82, 2.24) is 19.9 Å². The number of hydrogen-bond acceptors (Lipinski definition) is 6. The molecule has 28 heavy (non-hydrogen) atoms. The van der Waals surface area contributed by atoms with E-state index >= 15 is 0 Å². The Kier molecular flexibility index (Phi) is 5.98. The van der Waals surface area contributed by atoms with Gasteiger partial charge >= 0.3 is 0 Å². The van der Waals surface area contributed by atoms with Gasteiger partial charge in [-0.1, -0.05) is 0 Å². The quantitative estimate of drug-likeness (QED) is 0.621. The van der Waals surface area contributed by atoms with Crippen molar-refractivity contribution in [2.45, 2.75) is 13.0 Å². The lowest BCUT2D eigenvalue weighted by Crippen LogP contribution is -2.38. The van der Waals surface area contributed by atoms with Crippen molar-refractivity contribution in [2.75, 3.05) is 37.7 Å². The number of carbonyl (C=O) groups is 1. The summed E-state index contributed by atoms with van der Waals surface area (Å²) in [6.07, 6.45) is 6.31. The number of hydrogen-bond donors (Lipinski definition) is 1.